The Balaban J connectivity index is 1.93. The highest BCUT2D eigenvalue weighted by atomic mass is 35.5. The first-order valence-corrected chi connectivity index (χ1v) is 12.6. The molecule has 0 saturated carbocycles. The summed E-state index contributed by atoms with van der Waals surface area (Å²) in [7, 11) is -4.12. The van der Waals surface area contributed by atoms with Crippen LogP contribution < -0.4 is 14.9 Å². The highest BCUT2D eigenvalue weighted by molar-refractivity contribution is 7.92. The number of rotatable bonds is 9. The van der Waals surface area contributed by atoms with Crippen molar-refractivity contribution >= 4 is 56.4 Å². The summed E-state index contributed by atoms with van der Waals surface area (Å²) in [5.41, 5.74) is 0.714. The molecule has 0 saturated heterocycles. The number of halogens is 2. The van der Waals surface area contributed by atoms with Gasteiger partial charge in [-0.05, 0) is 48.9 Å². The van der Waals surface area contributed by atoms with E-state index in [0.29, 0.717) is 6.54 Å². The third-order valence-electron chi connectivity index (χ3n) is 4.79. The summed E-state index contributed by atoms with van der Waals surface area (Å²) in [6.07, 6.45) is 0.760. The molecule has 34 heavy (non-hydrogen) atoms. The second-order valence-corrected chi connectivity index (χ2v) is 9.95. The first kappa shape index (κ1) is 25.6. The van der Waals surface area contributed by atoms with E-state index in [1.54, 1.807) is 42.5 Å². The van der Waals surface area contributed by atoms with Crippen molar-refractivity contribution in [3.05, 3.63) is 88.4 Å². The number of carbonyl (C=O) groups excluding carboxylic acids is 2. The van der Waals surface area contributed by atoms with Crippen molar-refractivity contribution in [1.82, 2.24) is 5.32 Å². The fraction of sp³-hybridized carbons (Fsp3) is 0.167. The third kappa shape index (κ3) is 6.08. The summed E-state index contributed by atoms with van der Waals surface area (Å²) >= 11 is 12.1. The van der Waals surface area contributed by atoms with Gasteiger partial charge < -0.3 is 10.6 Å². The number of sulfonamides is 1. The quantitative estimate of drug-likeness (QED) is 0.417. The second kappa shape index (κ2) is 11.4. The van der Waals surface area contributed by atoms with Crippen LogP contribution in [0.4, 0.5) is 11.4 Å². The molecule has 0 bridgehead atoms. The van der Waals surface area contributed by atoms with Crippen molar-refractivity contribution in [3.63, 3.8) is 0 Å². The fourth-order valence-electron chi connectivity index (χ4n) is 3.12. The van der Waals surface area contributed by atoms with E-state index in [2.05, 4.69) is 10.6 Å². The molecule has 0 fully saturated rings. The SMILES string of the molecule is CCCNC(=O)c1ccccc1NC(=O)CN(c1ccc(Cl)c(Cl)c1)S(=O)(=O)c1ccccc1. The van der Waals surface area contributed by atoms with E-state index in [4.69, 9.17) is 23.2 Å². The Labute approximate surface area is 208 Å². The van der Waals surface area contributed by atoms with Crippen molar-refractivity contribution in [2.45, 2.75) is 18.2 Å². The lowest BCUT2D eigenvalue weighted by Gasteiger charge is -2.24. The lowest BCUT2D eigenvalue weighted by Crippen LogP contribution is -2.38. The number of carbonyl (C=O) groups is 2. The minimum atomic E-state index is -4.12. The molecule has 3 aromatic rings. The molecular weight excluding hydrogens is 497 g/mol. The maximum atomic E-state index is 13.4. The van der Waals surface area contributed by atoms with E-state index in [9.17, 15) is 18.0 Å². The standard InChI is InChI=1S/C24H23Cl2N3O4S/c1-2-14-27-24(31)19-10-6-7-11-22(19)28-23(30)16-29(17-12-13-20(25)21(26)15-17)34(32,33)18-8-4-3-5-9-18/h3-13,15H,2,14,16H2,1H3,(H,27,31)(H,28,30). The van der Waals surface area contributed by atoms with Gasteiger partial charge in [-0.3, -0.25) is 13.9 Å². The maximum Gasteiger partial charge on any atom is 0.264 e. The largest absolute Gasteiger partial charge is 0.352 e. The van der Waals surface area contributed by atoms with E-state index in [-0.39, 0.29) is 37.8 Å². The number of amides is 2. The Morgan fingerprint density at radius 1 is 0.912 bits per heavy atom. The molecule has 7 nitrogen and oxygen atoms in total. The van der Waals surface area contributed by atoms with Crippen LogP contribution in [-0.2, 0) is 14.8 Å². The minimum absolute atomic E-state index is 0.00761. The monoisotopic (exact) mass is 519 g/mol. The number of hydrogen-bond acceptors (Lipinski definition) is 4. The molecule has 2 N–H and O–H groups in total. The van der Waals surface area contributed by atoms with Gasteiger partial charge in [-0.1, -0.05) is 60.5 Å². The van der Waals surface area contributed by atoms with Crippen LogP contribution in [0.5, 0.6) is 0 Å². The number of hydrogen-bond donors (Lipinski definition) is 2. The molecule has 0 unspecified atom stereocenters. The van der Waals surface area contributed by atoms with Gasteiger partial charge in [0.2, 0.25) is 5.91 Å². The van der Waals surface area contributed by atoms with E-state index >= 15 is 0 Å². The normalized spacial score (nSPS) is 11.0. The van der Waals surface area contributed by atoms with Gasteiger partial charge in [0.25, 0.3) is 15.9 Å². The fourth-order valence-corrected chi connectivity index (χ4v) is 4.85. The summed E-state index contributed by atoms with van der Waals surface area (Å²) in [6, 6.07) is 18.5. The van der Waals surface area contributed by atoms with Gasteiger partial charge in [0.05, 0.1) is 31.9 Å². The predicted octanol–water partition coefficient (Wildman–Crippen LogP) is 4.97. The van der Waals surface area contributed by atoms with E-state index in [1.807, 2.05) is 6.92 Å². The summed E-state index contributed by atoms with van der Waals surface area (Å²) in [4.78, 5) is 25.5. The zero-order chi connectivity index (χ0) is 24.7. The van der Waals surface area contributed by atoms with Gasteiger partial charge in [0, 0.05) is 6.54 Å². The molecule has 178 valence electrons. The molecule has 0 aromatic heterocycles. The Morgan fingerprint density at radius 2 is 1.59 bits per heavy atom. The smallest absolute Gasteiger partial charge is 0.264 e. The second-order valence-electron chi connectivity index (χ2n) is 7.27. The highest BCUT2D eigenvalue weighted by Gasteiger charge is 2.28. The van der Waals surface area contributed by atoms with Crippen molar-refractivity contribution in [3.8, 4) is 0 Å². The number of anilines is 2. The van der Waals surface area contributed by atoms with Gasteiger partial charge in [-0.25, -0.2) is 8.42 Å². The number of benzene rings is 3. The molecule has 0 aliphatic rings. The summed E-state index contributed by atoms with van der Waals surface area (Å²) in [5.74, 6) is -0.975. The van der Waals surface area contributed by atoms with E-state index < -0.39 is 22.5 Å². The molecule has 0 atom stereocenters. The van der Waals surface area contributed by atoms with Crippen molar-refractivity contribution in [1.29, 1.82) is 0 Å². The van der Waals surface area contributed by atoms with Crippen LogP contribution in [0.1, 0.15) is 23.7 Å². The third-order valence-corrected chi connectivity index (χ3v) is 7.32. The van der Waals surface area contributed by atoms with Gasteiger partial charge in [-0.15, -0.1) is 0 Å². The Morgan fingerprint density at radius 3 is 2.26 bits per heavy atom. The van der Waals surface area contributed by atoms with Gasteiger partial charge in [-0.2, -0.15) is 0 Å². The average Bonchev–Trinajstić information content (AvgIpc) is 2.83. The highest BCUT2D eigenvalue weighted by Crippen LogP contribution is 2.30. The van der Waals surface area contributed by atoms with Crippen LogP contribution in [0.2, 0.25) is 10.0 Å². The summed E-state index contributed by atoms with van der Waals surface area (Å²) < 4.78 is 27.8. The molecule has 0 aliphatic heterocycles. The zero-order valence-electron chi connectivity index (χ0n) is 18.3. The van der Waals surface area contributed by atoms with Crippen molar-refractivity contribution in [2.24, 2.45) is 0 Å². The van der Waals surface area contributed by atoms with Crippen LogP contribution in [0.3, 0.4) is 0 Å². The molecule has 0 heterocycles. The Hall–Kier alpha value is -3.07. The van der Waals surface area contributed by atoms with Crippen molar-refractivity contribution < 1.29 is 18.0 Å². The lowest BCUT2D eigenvalue weighted by atomic mass is 10.1. The Bertz CT molecular complexity index is 1280. The molecule has 0 spiro atoms. The van der Waals surface area contributed by atoms with E-state index in [1.165, 1.54) is 30.3 Å². The molecule has 0 radical (unpaired) electrons. The van der Waals surface area contributed by atoms with Crippen LogP contribution in [0.25, 0.3) is 0 Å². The summed E-state index contributed by atoms with van der Waals surface area (Å²) in [5, 5.41) is 5.81. The molecule has 3 aromatic carbocycles. The summed E-state index contributed by atoms with van der Waals surface area (Å²) in [6.45, 7) is 1.86. The molecule has 3 rings (SSSR count). The number of nitrogens with one attached hydrogen (secondary N) is 2. The zero-order valence-corrected chi connectivity index (χ0v) is 20.6. The maximum absolute atomic E-state index is 13.4. The Kier molecular flexibility index (Phi) is 8.55. The number of nitrogens with zero attached hydrogens (tertiary/aromatic N) is 1. The van der Waals surface area contributed by atoms with Crippen LogP contribution >= 0.6 is 23.2 Å². The van der Waals surface area contributed by atoms with Crippen LogP contribution in [0, 0.1) is 0 Å². The average molecular weight is 520 g/mol. The first-order chi connectivity index (χ1) is 16.2. The molecule has 2 amide bonds. The predicted molar refractivity (Wildman–Crippen MR) is 135 cm³/mol. The number of para-hydroxylation sites is 1. The van der Waals surface area contributed by atoms with Gasteiger partial charge in [0.15, 0.2) is 0 Å². The topological polar surface area (TPSA) is 95.6 Å². The molecular formula is C24H23Cl2N3O4S. The first-order valence-electron chi connectivity index (χ1n) is 10.4. The molecule has 0 aliphatic carbocycles. The van der Waals surface area contributed by atoms with Gasteiger partial charge >= 0.3 is 0 Å². The molecule has 10 heteroatoms. The van der Waals surface area contributed by atoms with Gasteiger partial charge in [0.1, 0.15) is 6.54 Å². The van der Waals surface area contributed by atoms with Crippen LogP contribution in [-0.4, -0.2) is 33.3 Å². The van der Waals surface area contributed by atoms with E-state index in [0.717, 1.165) is 10.7 Å². The van der Waals surface area contributed by atoms with Crippen molar-refractivity contribution in [2.75, 3.05) is 22.7 Å². The minimum Gasteiger partial charge on any atom is -0.352 e. The van der Waals surface area contributed by atoms with Crippen LogP contribution in [0.15, 0.2) is 77.7 Å². The lowest BCUT2D eigenvalue weighted by molar-refractivity contribution is -0.114.